The molecule has 34 heavy (non-hydrogen) atoms. The number of aromatic nitrogens is 1. The highest BCUT2D eigenvalue weighted by atomic mass is 32.2. The Balaban J connectivity index is 1.24. The van der Waals surface area contributed by atoms with Gasteiger partial charge in [0.1, 0.15) is 17.3 Å². The maximum Gasteiger partial charge on any atom is 0.244 e. The van der Waals surface area contributed by atoms with E-state index in [4.69, 9.17) is 9.47 Å². The molecule has 1 aliphatic heterocycles. The van der Waals surface area contributed by atoms with E-state index in [0.29, 0.717) is 49.4 Å². The molecule has 0 spiro atoms. The molecule has 0 aliphatic carbocycles. The van der Waals surface area contributed by atoms with Gasteiger partial charge in [-0.3, -0.25) is 4.79 Å². The van der Waals surface area contributed by atoms with Crippen molar-refractivity contribution in [2.75, 3.05) is 37.4 Å². The molecule has 0 atom stereocenters. The number of thioether (sulfide) groups is 1. The summed E-state index contributed by atoms with van der Waals surface area (Å²) in [5.74, 6) is 0.678. The average molecular weight is 500 g/mol. The van der Waals surface area contributed by atoms with E-state index < -0.39 is 10.0 Å². The summed E-state index contributed by atoms with van der Waals surface area (Å²) in [7, 11) is -3.58. The van der Waals surface area contributed by atoms with Crippen LogP contribution in [0.4, 0.5) is 5.69 Å². The molecule has 1 saturated heterocycles. The number of amides is 1. The highest BCUT2D eigenvalue weighted by Gasteiger charge is 2.26. The van der Waals surface area contributed by atoms with Gasteiger partial charge in [0.25, 0.3) is 0 Å². The van der Waals surface area contributed by atoms with Crippen LogP contribution in [0.3, 0.4) is 0 Å². The van der Waals surface area contributed by atoms with E-state index >= 15 is 0 Å². The lowest BCUT2D eigenvalue weighted by Crippen LogP contribution is -2.40. The Bertz CT molecular complexity index is 1180. The van der Waals surface area contributed by atoms with Crippen molar-refractivity contribution in [3.63, 3.8) is 0 Å². The summed E-state index contributed by atoms with van der Waals surface area (Å²) in [6.45, 7) is 1.92. The van der Waals surface area contributed by atoms with E-state index in [9.17, 15) is 13.2 Å². The Morgan fingerprint density at radius 3 is 2.44 bits per heavy atom. The maximum absolute atomic E-state index is 12.7. The molecule has 0 bridgehead atoms. The van der Waals surface area contributed by atoms with Gasteiger partial charge in [-0.25, -0.2) is 13.4 Å². The van der Waals surface area contributed by atoms with Crippen LogP contribution in [0.5, 0.6) is 5.75 Å². The molecular weight excluding hydrogens is 474 g/mol. The molecular formula is C24H25N3O5S2. The fourth-order valence-electron chi connectivity index (χ4n) is 3.25. The first kappa shape index (κ1) is 24.2. The first-order valence-electron chi connectivity index (χ1n) is 10.7. The Kier molecular flexibility index (Phi) is 8.17. The first-order valence-corrected chi connectivity index (χ1v) is 13.2. The maximum atomic E-state index is 12.7. The lowest BCUT2D eigenvalue weighted by atomic mass is 10.2. The summed E-state index contributed by atoms with van der Waals surface area (Å²) in [5.41, 5.74) is 1.75. The fourth-order valence-corrected chi connectivity index (χ4v) is 5.25. The fraction of sp³-hybridized carbons (Fsp3) is 0.250. The van der Waals surface area contributed by atoms with Crippen LogP contribution in [0, 0.1) is 0 Å². The topological polar surface area (TPSA) is 97.8 Å². The van der Waals surface area contributed by atoms with Crippen LogP contribution in [-0.4, -0.2) is 55.7 Å². The molecule has 0 radical (unpaired) electrons. The van der Waals surface area contributed by atoms with Gasteiger partial charge in [-0.1, -0.05) is 42.1 Å². The Morgan fingerprint density at radius 1 is 1.03 bits per heavy atom. The molecule has 1 N–H and O–H groups in total. The number of benzene rings is 2. The van der Waals surface area contributed by atoms with Gasteiger partial charge in [0, 0.05) is 25.0 Å². The number of carbonyl (C=O) groups is 1. The summed E-state index contributed by atoms with van der Waals surface area (Å²) in [6.07, 6.45) is 1.33. The number of morpholine rings is 1. The molecule has 0 saturated carbocycles. The number of rotatable bonds is 9. The molecule has 4 rings (SSSR count). The highest BCUT2D eigenvalue weighted by Crippen LogP contribution is 2.21. The SMILES string of the molecule is O=C(CSc1ccc(S(=O)(=O)N2CCOCC2)cn1)Nc1ccc(OCc2ccccc2)cc1. The largest absolute Gasteiger partial charge is 0.489 e. The molecule has 1 fully saturated rings. The van der Waals surface area contributed by atoms with Gasteiger partial charge >= 0.3 is 0 Å². The number of ether oxygens (including phenoxy) is 2. The smallest absolute Gasteiger partial charge is 0.244 e. The second kappa shape index (κ2) is 11.5. The van der Waals surface area contributed by atoms with Gasteiger partial charge in [0.15, 0.2) is 0 Å². The molecule has 0 unspecified atom stereocenters. The van der Waals surface area contributed by atoms with Crippen molar-refractivity contribution in [3.8, 4) is 5.75 Å². The van der Waals surface area contributed by atoms with E-state index in [1.165, 1.54) is 28.3 Å². The third-order valence-corrected chi connectivity index (χ3v) is 7.88. The van der Waals surface area contributed by atoms with Crippen molar-refractivity contribution >= 4 is 33.4 Å². The minimum absolute atomic E-state index is 0.137. The average Bonchev–Trinajstić information content (AvgIpc) is 2.88. The Labute approximate surface area is 203 Å². The normalized spacial score (nSPS) is 14.5. The minimum atomic E-state index is -3.58. The number of carbonyl (C=O) groups excluding carboxylic acids is 1. The zero-order valence-electron chi connectivity index (χ0n) is 18.4. The highest BCUT2D eigenvalue weighted by molar-refractivity contribution is 7.99. The summed E-state index contributed by atoms with van der Waals surface area (Å²) < 4.78 is 37.7. The zero-order chi connectivity index (χ0) is 23.8. The molecule has 1 aliphatic rings. The number of nitrogens with zero attached hydrogens (tertiary/aromatic N) is 2. The zero-order valence-corrected chi connectivity index (χ0v) is 20.1. The lowest BCUT2D eigenvalue weighted by molar-refractivity contribution is -0.113. The lowest BCUT2D eigenvalue weighted by Gasteiger charge is -2.25. The van der Waals surface area contributed by atoms with E-state index in [2.05, 4.69) is 10.3 Å². The van der Waals surface area contributed by atoms with Crippen LogP contribution in [0.15, 0.2) is 82.8 Å². The van der Waals surface area contributed by atoms with Crippen molar-refractivity contribution in [3.05, 3.63) is 78.5 Å². The van der Waals surface area contributed by atoms with Crippen LogP contribution >= 0.6 is 11.8 Å². The number of hydrogen-bond donors (Lipinski definition) is 1. The predicted octanol–water partition coefficient (Wildman–Crippen LogP) is 3.41. The van der Waals surface area contributed by atoms with E-state index in [0.717, 1.165) is 5.56 Å². The van der Waals surface area contributed by atoms with E-state index in [1.54, 1.807) is 30.3 Å². The van der Waals surface area contributed by atoms with Gasteiger partial charge in [-0.2, -0.15) is 4.31 Å². The van der Waals surface area contributed by atoms with Crippen molar-refractivity contribution < 1.29 is 22.7 Å². The van der Waals surface area contributed by atoms with Gasteiger partial charge in [-0.05, 0) is 42.0 Å². The van der Waals surface area contributed by atoms with Crippen molar-refractivity contribution in [1.29, 1.82) is 0 Å². The molecule has 2 heterocycles. The van der Waals surface area contributed by atoms with Crippen LogP contribution in [-0.2, 0) is 26.2 Å². The number of nitrogens with one attached hydrogen (secondary N) is 1. The van der Waals surface area contributed by atoms with Crippen molar-refractivity contribution in [2.24, 2.45) is 0 Å². The second-order valence-electron chi connectivity index (χ2n) is 7.48. The van der Waals surface area contributed by atoms with E-state index in [1.807, 2.05) is 30.3 Å². The van der Waals surface area contributed by atoms with Crippen LogP contribution in [0.1, 0.15) is 5.56 Å². The molecule has 2 aromatic carbocycles. The van der Waals surface area contributed by atoms with Crippen LogP contribution < -0.4 is 10.1 Å². The van der Waals surface area contributed by atoms with Crippen molar-refractivity contribution in [1.82, 2.24) is 9.29 Å². The third-order valence-electron chi connectivity index (χ3n) is 5.05. The summed E-state index contributed by atoms with van der Waals surface area (Å²) in [5, 5.41) is 3.40. The van der Waals surface area contributed by atoms with Crippen LogP contribution in [0.25, 0.3) is 0 Å². The molecule has 3 aromatic rings. The molecule has 1 aromatic heterocycles. The molecule has 178 valence electrons. The number of anilines is 1. The number of hydrogen-bond acceptors (Lipinski definition) is 7. The standard InChI is InChI=1S/C24H25N3O5S2/c28-23(26-20-6-8-21(9-7-20)32-17-19-4-2-1-3-5-19)18-33-24-11-10-22(16-25-24)34(29,30)27-12-14-31-15-13-27/h1-11,16H,12-15,17-18H2,(H,26,28). The second-order valence-corrected chi connectivity index (χ2v) is 10.4. The van der Waals surface area contributed by atoms with Crippen LogP contribution in [0.2, 0.25) is 0 Å². The quantitative estimate of drug-likeness (QED) is 0.451. The monoisotopic (exact) mass is 499 g/mol. The Morgan fingerprint density at radius 2 is 1.76 bits per heavy atom. The molecule has 10 heteroatoms. The molecule has 8 nitrogen and oxygen atoms in total. The van der Waals surface area contributed by atoms with Gasteiger partial charge in [0.05, 0.1) is 24.0 Å². The van der Waals surface area contributed by atoms with Gasteiger partial charge in [-0.15, -0.1) is 0 Å². The Hall–Kier alpha value is -2.92. The molecule has 1 amide bonds. The summed E-state index contributed by atoms with van der Waals surface area (Å²) >= 11 is 1.24. The predicted molar refractivity (Wildman–Crippen MR) is 130 cm³/mol. The first-order chi connectivity index (χ1) is 16.5. The third kappa shape index (κ3) is 6.57. The van der Waals surface area contributed by atoms with Gasteiger partial charge < -0.3 is 14.8 Å². The minimum Gasteiger partial charge on any atom is -0.489 e. The van der Waals surface area contributed by atoms with E-state index in [-0.39, 0.29) is 16.6 Å². The number of pyridine rings is 1. The summed E-state index contributed by atoms with van der Waals surface area (Å²) in [4.78, 5) is 16.7. The number of sulfonamides is 1. The summed E-state index contributed by atoms with van der Waals surface area (Å²) in [6, 6.07) is 20.2. The van der Waals surface area contributed by atoms with Crippen molar-refractivity contribution in [2.45, 2.75) is 16.5 Å². The van der Waals surface area contributed by atoms with Gasteiger partial charge in [0.2, 0.25) is 15.9 Å².